The molecule has 6 nitrogen and oxygen atoms in total. The predicted octanol–water partition coefficient (Wildman–Crippen LogP) is 6.71. The first kappa shape index (κ1) is 28.0. The SMILES string of the molecule is CCc1ccc(NC(=O)CSC2=C(C#N)[C@H](c3ccc(Cl)cc3)C(C(=O)OCc3ccccc3)=C(C)N2)cc1. The van der Waals surface area contributed by atoms with Crippen molar-refractivity contribution >= 4 is 40.9 Å². The number of hydrogen-bond acceptors (Lipinski definition) is 6. The number of nitriles is 1. The minimum atomic E-state index is -0.677. The molecule has 39 heavy (non-hydrogen) atoms. The number of carbonyl (C=O) groups is 2. The molecule has 8 heteroatoms. The summed E-state index contributed by atoms with van der Waals surface area (Å²) >= 11 is 7.34. The zero-order chi connectivity index (χ0) is 27.8. The van der Waals surface area contributed by atoms with Gasteiger partial charge in [0.25, 0.3) is 0 Å². The average Bonchev–Trinajstić information content (AvgIpc) is 2.96. The third kappa shape index (κ3) is 7.11. The van der Waals surface area contributed by atoms with Crippen LogP contribution in [0.4, 0.5) is 5.69 Å². The molecule has 0 aromatic heterocycles. The van der Waals surface area contributed by atoms with Gasteiger partial charge in [0.05, 0.1) is 33.9 Å². The van der Waals surface area contributed by atoms with Crippen molar-refractivity contribution in [2.45, 2.75) is 32.8 Å². The van der Waals surface area contributed by atoms with Crippen molar-refractivity contribution in [3.05, 3.63) is 122 Å². The van der Waals surface area contributed by atoms with Crippen LogP contribution in [0.1, 0.15) is 36.5 Å². The molecule has 0 fully saturated rings. The van der Waals surface area contributed by atoms with Crippen LogP contribution in [0.5, 0.6) is 0 Å². The number of halogens is 1. The molecule has 1 aliphatic rings. The number of esters is 1. The summed E-state index contributed by atoms with van der Waals surface area (Å²) < 4.78 is 5.66. The standard InChI is InChI=1S/C31H28ClN3O3S/c1-3-21-9-15-25(16-10-21)35-27(36)19-39-30-26(17-33)29(23-11-13-24(32)14-12-23)28(20(2)34-30)31(37)38-18-22-7-5-4-6-8-22/h4-16,29,34H,3,18-19H2,1-2H3,(H,35,36)/t29-/m0/s1. The summed E-state index contributed by atoms with van der Waals surface area (Å²) in [7, 11) is 0. The van der Waals surface area contributed by atoms with Crippen LogP contribution in [0.15, 0.2) is 101 Å². The first-order valence-corrected chi connectivity index (χ1v) is 13.9. The summed E-state index contributed by atoms with van der Waals surface area (Å²) in [5.74, 6) is -1.32. The Labute approximate surface area is 237 Å². The van der Waals surface area contributed by atoms with Gasteiger partial charge in [0.15, 0.2) is 0 Å². The Morgan fingerprint density at radius 1 is 1.03 bits per heavy atom. The normalized spacial score (nSPS) is 14.9. The van der Waals surface area contributed by atoms with Crippen LogP contribution >= 0.6 is 23.4 Å². The summed E-state index contributed by atoms with van der Waals surface area (Å²) in [6, 6.07) is 26.4. The molecule has 0 radical (unpaired) electrons. The summed E-state index contributed by atoms with van der Waals surface area (Å²) in [6.07, 6.45) is 0.921. The van der Waals surface area contributed by atoms with Crippen LogP contribution in [0, 0.1) is 11.3 Å². The quantitative estimate of drug-likeness (QED) is 0.284. The van der Waals surface area contributed by atoms with E-state index < -0.39 is 11.9 Å². The Hall–Kier alpha value is -3.99. The molecule has 1 aliphatic heterocycles. The maximum absolute atomic E-state index is 13.4. The van der Waals surface area contributed by atoms with Gasteiger partial charge in [0.1, 0.15) is 6.61 Å². The second-order valence-corrected chi connectivity index (χ2v) is 10.4. The van der Waals surface area contributed by atoms with Gasteiger partial charge in [0.2, 0.25) is 5.91 Å². The lowest BCUT2D eigenvalue weighted by Gasteiger charge is -2.29. The molecule has 1 amide bonds. The van der Waals surface area contributed by atoms with Crippen molar-refractivity contribution in [3.63, 3.8) is 0 Å². The van der Waals surface area contributed by atoms with Crippen molar-refractivity contribution in [1.29, 1.82) is 5.26 Å². The highest BCUT2D eigenvalue weighted by molar-refractivity contribution is 8.03. The van der Waals surface area contributed by atoms with Gasteiger partial charge in [-0.05, 0) is 54.3 Å². The largest absolute Gasteiger partial charge is 0.457 e. The van der Waals surface area contributed by atoms with Crippen molar-refractivity contribution < 1.29 is 14.3 Å². The van der Waals surface area contributed by atoms with Crippen molar-refractivity contribution in [3.8, 4) is 6.07 Å². The fourth-order valence-corrected chi connectivity index (χ4v) is 5.26. The van der Waals surface area contributed by atoms with Crippen LogP contribution in [0.2, 0.25) is 5.02 Å². The lowest BCUT2D eigenvalue weighted by molar-refractivity contribution is -0.140. The number of thioether (sulfide) groups is 1. The molecule has 0 saturated heterocycles. The Balaban J connectivity index is 1.56. The van der Waals surface area contributed by atoms with E-state index in [-0.39, 0.29) is 18.3 Å². The third-order valence-electron chi connectivity index (χ3n) is 6.28. The maximum atomic E-state index is 13.4. The monoisotopic (exact) mass is 557 g/mol. The molecule has 1 atom stereocenters. The Bertz CT molecular complexity index is 1440. The molecule has 0 spiro atoms. The molecule has 0 saturated carbocycles. The number of hydrogen-bond donors (Lipinski definition) is 2. The number of allylic oxidation sites excluding steroid dienone is 2. The van der Waals surface area contributed by atoms with Gasteiger partial charge in [-0.15, -0.1) is 0 Å². The summed E-state index contributed by atoms with van der Waals surface area (Å²) in [5.41, 5.74) is 4.72. The first-order chi connectivity index (χ1) is 18.9. The van der Waals surface area contributed by atoms with Gasteiger partial charge in [-0.1, -0.05) is 84.9 Å². The zero-order valence-corrected chi connectivity index (χ0v) is 23.2. The number of dihydropyridines is 1. The van der Waals surface area contributed by atoms with Crippen LogP contribution in [-0.4, -0.2) is 17.6 Å². The molecule has 198 valence electrons. The van der Waals surface area contributed by atoms with Gasteiger partial charge in [-0.25, -0.2) is 4.79 Å². The molecule has 0 aliphatic carbocycles. The highest BCUT2D eigenvalue weighted by atomic mass is 35.5. The highest BCUT2D eigenvalue weighted by Gasteiger charge is 2.35. The van der Waals surface area contributed by atoms with Gasteiger partial charge >= 0.3 is 5.97 Å². The van der Waals surface area contributed by atoms with Crippen molar-refractivity contribution in [2.24, 2.45) is 0 Å². The number of benzene rings is 3. The van der Waals surface area contributed by atoms with Crippen LogP contribution < -0.4 is 10.6 Å². The van der Waals surface area contributed by atoms with Gasteiger partial charge in [-0.2, -0.15) is 5.26 Å². The number of amides is 1. The number of nitrogens with one attached hydrogen (secondary N) is 2. The molecular weight excluding hydrogens is 530 g/mol. The number of carbonyl (C=O) groups excluding carboxylic acids is 2. The van der Waals surface area contributed by atoms with E-state index in [0.29, 0.717) is 32.6 Å². The lowest BCUT2D eigenvalue weighted by atomic mass is 9.82. The van der Waals surface area contributed by atoms with E-state index in [0.717, 1.165) is 17.5 Å². The van der Waals surface area contributed by atoms with Gasteiger partial charge < -0.3 is 15.4 Å². The zero-order valence-electron chi connectivity index (χ0n) is 21.7. The maximum Gasteiger partial charge on any atom is 0.337 e. The number of nitrogens with zero attached hydrogens (tertiary/aromatic N) is 1. The van der Waals surface area contributed by atoms with E-state index in [1.54, 1.807) is 31.2 Å². The van der Waals surface area contributed by atoms with E-state index in [1.807, 2.05) is 54.6 Å². The van der Waals surface area contributed by atoms with Crippen molar-refractivity contribution in [1.82, 2.24) is 5.32 Å². The fourth-order valence-electron chi connectivity index (χ4n) is 4.25. The Morgan fingerprint density at radius 3 is 2.36 bits per heavy atom. The smallest absolute Gasteiger partial charge is 0.337 e. The van der Waals surface area contributed by atoms with E-state index in [1.165, 1.54) is 17.3 Å². The third-order valence-corrected chi connectivity index (χ3v) is 7.55. The average molecular weight is 558 g/mol. The topological polar surface area (TPSA) is 91.2 Å². The summed E-state index contributed by atoms with van der Waals surface area (Å²) in [4.78, 5) is 26.1. The summed E-state index contributed by atoms with van der Waals surface area (Å²) in [5, 5.41) is 17.4. The lowest BCUT2D eigenvalue weighted by Crippen LogP contribution is -2.29. The molecule has 2 N–H and O–H groups in total. The fraction of sp³-hybridized carbons (Fsp3) is 0.194. The van der Waals surface area contributed by atoms with Crippen molar-refractivity contribution in [2.75, 3.05) is 11.1 Å². The molecule has 0 unspecified atom stereocenters. The highest BCUT2D eigenvalue weighted by Crippen LogP contribution is 2.41. The van der Waals surface area contributed by atoms with Crippen LogP contribution in [-0.2, 0) is 27.4 Å². The number of aryl methyl sites for hydroxylation is 1. The van der Waals surface area contributed by atoms with E-state index in [9.17, 15) is 14.9 Å². The molecular formula is C31H28ClN3O3S. The minimum absolute atomic E-state index is 0.0808. The second-order valence-electron chi connectivity index (χ2n) is 8.95. The van der Waals surface area contributed by atoms with E-state index >= 15 is 0 Å². The molecule has 4 rings (SSSR count). The predicted molar refractivity (Wildman–Crippen MR) is 156 cm³/mol. The minimum Gasteiger partial charge on any atom is -0.457 e. The first-order valence-electron chi connectivity index (χ1n) is 12.5. The van der Waals surface area contributed by atoms with E-state index in [2.05, 4.69) is 23.6 Å². The van der Waals surface area contributed by atoms with E-state index in [4.69, 9.17) is 16.3 Å². The molecule has 3 aromatic rings. The second kappa shape index (κ2) is 13.2. The molecule has 1 heterocycles. The van der Waals surface area contributed by atoms with Gasteiger partial charge in [0, 0.05) is 16.4 Å². The van der Waals surface area contributed by atoms with Crippen LogP contribution in [0.3, 0.4) is 0 Å². The number of ether oxygens (including phenoxy) is 1. The Morgan fingerprint density at radius 2 is 1.72 bits per heavy atom. The number of anilines is 1. The summed E-state index contributed by atoms with van der Waals surface area (Å²) in [6.45, 7) is 3.95. The Kier molecular flexibility index (Phi) is 9.48. The molecule has 0 bridgehead atoms. The van der Waals surface area contributed by atoms with Crippen LogP contribution in [0.25, 0.3) is 0 Å². The number of rotatable bonds is 9. The van der Waals surface area contributed by atoms with Gasteiger partial charge in [-0.3, -0.25) is 4.79 Å². The molecule has 3 aromatic carbocycles.